The summed E-state index contributed by atoms with van der Waals surface area (Å²) in [5.41, 5.74) is 1.33. The van der Waals surface area contributed by atoms with E-state index in [0.29, 0.717) is 24.2 Å². The van der Waals surface area contributed by atoms with Crippen LogP contribution in [0, 0.1) is 5.92 Å². The quantitative estimate of drug-likeness (QED) is 0.752. The maximum absolute atomic E-state index is 9.26. The molecule has 1 saturated carbocycles. The van der Waals surface area contributed by atoms with Gasteiger partial charge in [0.05, 0.1) is 0 Å². The summed E-state index contributed by atoms with van der Waals surface area (Å²) in [6.45, 7) is 0.336. The van der Waals surface area contributed by atoms with Crippen molar-refractivity contribution in [1.29, 1.82) is 0 Å². The fraction of sp³-hybridized carbons (Fsp3) is 0.571. The molecular weight excluding hydrogens is 200 g/mol. The molecule has 0 unspecified atom stereocenters. The van der Waals surface area contributed by atoms with E-state index >= 15 is 0 Å². The van der Waals surface area contributed by atoms with Crippen LogP contribution >= 0.6 is 0 Å². The van der Waals surface area contributed by atoms with E-state index in [2.05, 4.69) is 0 Å². The van der Waals surface area contributed by atoms with Crippen molar-refractivity contribution in [2.45, 2.75) is 38.0 Å². The van der Waals surface area contributed by atoms with Crippen LogP contribution in [0.4, 0.5) is 0 Å². The van der Waals surface area contributed by atoms with Gasteiger partial charge in [-0.3, -0.25) is 0 Å². The van der Waals surface area contributed by atoms with E-state index in [1.54, 1.807) is 12.1 Å². The van der Waals surface area contributed by atoms with Gasteiger partial charge in [0.2, 0.25) is 0 Å². The van der Waals surface area contributed by atoms with Crippen molar-refractivity contribution in [2.75, 3.05) is 6.61 Å². The summed E-state index contributed by atoms with van der Waals surface area (Å²) < 4.78 is 0. The molecule has 1 aliphatic carbocycles. The Hall–Kier alpha value is -1.02. The fourth-order valence-electron chi connectivity index (χ4n) is 2.64. The molecule has 2 N–H and O–H groups in total. The second kappa shape index (κ2) is 5.35. The van der Waals surface area contributed by atoms with Gasteiger partial charge in [-0.05, 0) is 55.2 Å². The van der Waals surface area contributed by atoms with Crippen molar-refractivity contribution in [3.05, 3.63) is 29.8 Å². The molecule has 2 heteroatoms. The molecule has 2 nitrogen and oxygen atoms in total. The summed E-state index contributed by atoms with van der Waals surface area (Å²) in [7, 11) is 0. The number of aliphatic hydroxyl groups excluding tert-OH is 1. The number of benzene rings is 1. The zero-order valence-corrected chi connectivity index (χ0v) is 9.60. The summed E-state index contributed by atoms with van der Waals surface area (Å²) >= 11 is 0. The molecule has 1 aliphatic rings. The highest BCUT2D eigenvalue weighted by Gasteiger charge is 2.19. The number of phenols is 1. The van der Waals surface area contributed by atoms with Gasteiger partial charge in [-0.15, -0.1) is 0 Å². The Morgan fingerprint density at radius 1 is 1.00 bits per heavy atom. The summed E-state index contributed by atoms with van der Waals surface area (Å²) in [6, 6.07) is 7.59. The Labute approximate surface area is 96.9 Å². The number of aromatic hydroxyl groups is 1. The standard InChI is InChI=1S/C14H20O2/c15-10-11-2-1-3-12(5-4-11)13-6-8-14(16)9-7-13/h6-9,11-12,15-16H,1-5,10H2/t11-,12+/m1/s1. The third-order valence-electron chi connectivity index (χ3n) is 3.71. The van der Waals surface area contributed by atoms with Crippen LogP contribution in [0.1, 0.15) is 43.6 Å². The lowest BCUT2D eigenvalue weighted by molar-refractivity contribution is 0.212. The monoisotopic (exact) mass is 220 g/mol. The van der Waals surface area contributed by atoms with E-state index in [-0.39, 0.29) is 0 Å². The maximum Gasteiger partial charge on any atom is 0.115 e. The zero-order chi connectivity index (χ0) is 11.4. The fourth-order valence-corrected chi connectivity index (χ4v) is 2.64. The summed E-state index contributed by atoms with van der Waals surface area (Å²) in [5.74, 6) is 1.45. The van der Waals surface area contributed by atoms with Crippen molar-refractivity contribution < 1.29 is 10.2 Å². The van der Waals surface area contributed by atoms with Gasteiger partial charge in [0.15, 0.2) is 0 Å². The van der Waals surface area contributed by atoms with Crippen LogP contribution < -0.4 is 0 Å². The second-order valence-electron chi connectivity index (χ2n) is 4.85. The van der Waals surface area contributed by atoms with Gasteiger partial charge in [0, 0.05) is 6.61 Å². The summed E-state index contributed by atoms with van der Waals surface area (Å²) in [4.78, 5) is 0. The lowest BCUT2D eigenvalue weighted by atomic mass is 9.91. The molecule has 0 saturated heterocycles. The van der Waals surface area contributed by atoms with Gasteiger partial charge in [-0.25, -0.2) is 0 Å². The van der Waals surface area contributed by atoms with Crippen LogP contribution in [0.25, 0.3) is 0 Å². The normalized spacial score (nSPS) is 26.3. The van der Waals surface area contributed by atoms with Crippen LogP contribution in [0.15, 0.2) is 24.3 Å². The van der Waals surface area contributed by atoms with E-state index in [0.717, 1.165) is 19.3 Å². The number of hydrogen-bond acceptors (Lipinski definition) is 2. The highest BCUT2D eigenvalue weighted by Crippen LogP contribution is 2.34. The smallest absolute Gasteiger partial charge is 0.115 e. The molecule has 16 heavy (non-hydrogen) atoms. The zero-order valence-electron chi connectivity index (χ0n) is 9.60. The maximum atomic E-state index is 9.26. The van der Waals surface area contributed by atoms with Crippen LogP contribution in [0.3, 0.4) is 0 Å². The van der Waals surface area contributed by atoms with Gasteiger partial charge in [-0.2, -0.15) is 0 Å². The highest BCUT2D eigenvalue weighted by atomic mass is 16.3. The predicted molar refractivity (Wildman–Crippen MR) is 64.5 cm³/mol. The predicted octanol–water partition coefficient (Wildman–Crippen LogP) is 3.05. The molecule has 0 spiro atoms. The minimum absolute atomic E-state index is 0.336. The van der Waals surface area contributed by atoms with Crippen LogP contribution in [-0.2, 0) is 0 Å². The minimum Gasteiger partial charge on any atom is -0.508 e. The number of phenolic OH excluding ortho intramolecular Hbond substituents is 1. The molecule has 2 atom stereocenters. The van der Waals surface area contributed by atoms with E-state index < -0.39 is 0 Å². The van der Waals surface area contributed by atoms with Gasteiger partial charge in [0.1, 0.15) is 5.75 Å². The lowest BCUT2D eigenvalue weighted by Gasteiger charge is -2.14. The SMILES string of the molecule is OC[C@@H]1CCC[C@H](c2ccc(O)cc2)CC1. The van der Waals surface area contributed by atoms with E-state index in [1.165, 1.54) is 18.4 Å². The average molecular weight is 220 g/mol. The molecule has 0 bridgehead atoms. The summed E-state index contributed by atoms with van der Waals surface area (Å²) in [6.07, 6.45) is 5.86. The van der Waals surface area contributed by atoms with Crippen molar-refractivity contribution in [3.63, 3.8) is 0 Å². The average Bonchev–Trinajstić information content (AvgIpc) is 2.55. The first-order valence-electron chi connectivity index (χ1n) is 6.19. The number of hydrogen-bond donors (Lipinski definition) is 2. The molecule has 0 radical (unpaired) electrons. The van der Waals surface area contributed by atoms with Gasteiger partial charge in [-0.1, -0.05) is 18.6 Å². The Bertz CT molecular complexity index is 318. The topological polar surface area (TPSA) is 40.5 Å². The Morgan fingerprint density at radius 2 is 1.75 bits per heavy atom. The Kier molecular flexibility index (Phi) is 3.83. The van der Waals surface area contributed by atoms with Crippen LogP contribution in [-0.4, -0.2) is 16.8 Å². The first kappa shape index (κ1) is 11.5. The molecule has 1 aromatic carbocycles. The van der Waals surface area contributed by atoms with E-state index in [4.69, 9.17) is 0 Å². The lowest BCUT2D eigenvalue weighted by Crippen LogP contribution is -2.04. The summed E-state index contributed by atoms with van der Waals surface area (Å²) in [5, 5.41) is 18.4. The molecule has 1 fully saturated rings. The van der Waals surface area contributed by atoms with Crippen molar-refractivity contribution >= 4 is 0 Å². The highest BCUT2D eigenvalue weighted by molar-refractivity contribution is 5.28. The molecule has 88 valence electrons. The van der Waals surface area contributed by atoms with Crippen LogP contribution in [0.5, 0.6) is 5.75 Å². The van der Waals surface area contributed by atoms with E-state index in [9.17, 15) is 10.2 Å². The second-order valence-corrected chi connectivity index (χ2v) is 4.85. The molecule has 1 aromatic rings. The molecule has 0 amide bonds. The molecule has 0 aliphatic heterocycles. The van der Waals surface area contributed by atoms with E-state index in [1.807, 2.05) is 12.1 Å². The molecule has 0 aromatic heterocycles. The van der Waals surface area contributed by atoms with Gasteiger partial charge >= 0.3 is 0 Å². The Balaban J connectivity index is 2.02. The third-order valence-corrected chi connectivity index (χ3v) is 3.71. The first-order valence-corrected chi connectivity index (χ1v) is 6.19. The number of aliphatic hydroxyl groups is 1. The third kappa shape index (κ3) is 2.76. The Morgan fingerprint density at radius 3 is 2.44 bits per heavy atom. The van der Waals surface area contributed by atoms with Crippen molar-refractivity contribution in [2.24, 2.45) is 5.92 Å². The molecular formula is C14H20O2. The molecule has 2 rings (SSSR count). The largest absolute Gasteiger partial charge is 0.508 e. The van der Waals surface area contributed by atoms with Crippen molar-refractivity contribution in [3.8, 4) is 5.75 Å². The van der Waals surface area contributed by atoms with Crippen LogP contribution in [0.2, 0.25) is 0 Å². The van der Waals surface area contributed by atoms with Gasteiger partial charge < -0.3 is 10.2 Å². The van der Waals surface area contributed by atoms with Gasteiger partial charge in [0.25, 0.3) is 0 Å². The molecule has 0 heterocycles. The first-order chi connectivity index (χ1) is 7.79. The minimum atomic E-state index is 0.336. The number of rotatable bonds is 2. The van der Waals surface area contributed by atoms with Crippen molar-refractivity contribution in [1.82, 2.24) is 0 Å².